The Bertz CT molecular complexity index is 324. The van der Waals surface area contributed by atoms with Gasteiger partial charge in [-0.25, -0.2) is 0 Å². The highest BCUT2D eigenvalue weighted by Crippen LogP contribution is 2.29. The molecule has 1 aliphatic heterocycles. The summed E-state index contributed by atoms with van der Waals surface area (Å²) in [5.74, 6) is 0.477. The molecule has 80 valence electrons. The van der Waals surface area contributed by atoms with E-state index in [0.717, 1.165) is 25.7 Å². The number of nitriles is 1. The van der Waals surface area contributed by atoms with Crippen LogP contribution in [-0.2, 0) is 4.74 Å². The number of nitrogens with zero attached hydrogens (tertiary/aromatic N) is 1. The van der Waals surface area contributed by atoms with Crippen molar-refractivity contribution >= 4 is 0 Å². The Hall–Kier alpha value is -1.07. The second-order valence-corrected chi connectivity index (χ2v) is 4.43. The summed E-state index contributed by atoms with van der Waals surface area (Å²) in [6.45, 7) is 2.12. The van der Waals surface area contributed by atoms with Gasteiger partial charge in [-0.05, 0) is 32.6 Å². The van der Waals surface area contributed by atoms with Gasteiger partial charge in [0.05, 0.1) is 12.2 Å². The minimum atomic E-state index is -0.177. The molecule has 3 atom stereocenters. The smallest absolute Gasteiger partial charge is 0.144 e. The highest BCUT2D eigenvalue weighted by Gasteiger charge is 2.27. The molecule has 2 rings (SSSR count). The molecule has 0 aromatic rings. The predicted octanol–water partition coefficient (Wildman–Crippen LogP) is 2.97. The van der Waals surface area contributed by atoms with Gasteiger partial charge in [-0.15, -0.1) is 0 Å². The fourth-order valence-electron chi connectivity index (χ4n) is 2.28. The maximum absolute atomic E-state index is 8.84. The first kappa shape index (κ1) is 10.4. The SMILES string of the molecule is CC1=CCC(C2CCCC(C#N)O2)C=C1. The van der Waals surface area contributed by atoms with Crippen LogP contribution in [0.15, 0.2) is 23.8 Å². The van der Waals surface area contributed by atoms with E-state index in [1.807, 2.05) is 0 Å². The molecule has 15 heavy (non-hydrogen) atoms. The van der Waals surface area contributed by atoms with E-state index in [1.165, 1.54) is 5.57 Å². The number of allylic oxidation sites excluding steroid dienone is 3. The summed E-state index contributed by atoms with van der Waals surface area (Å²) in [4.78, 5) is 0. The monoisotopic (exact) mass is 203 g/mol. The molecule has 1 heterocycles. The van der Waals surface area contributed by atoms with Gasteiger partial charge in [0.25, 0.3) is 0 Å². The molecule has 1 fully saturated rings. The van der Waals surface area contributed by atoms with Crippen molar-refractivity contribution < 1.29 is 4.74 Å². The highest BCUT2D eigenvalue weighted by molar-refractivity contribution is 5.22. The van der Waals surface area contributed by atoms with Gasteiger partial charge >= 0.3 is 0 Å². The molecule has 0 radical (unpaired) electrons. The molecule has 0 amide bonds. The number of rotatable bonds is 1. The Morgan fingerprint density at radius 2 is 2.33 bits per heavy atom. The second-order valence-electron chi connectivity index (χ2n) is 4.43. The van der Waals surface area contributed by atoms with Crippen LogP contribution in [0, 0.1) is 17.2 Å². The Morgan fingerprint density at radius 3 is 3.00 bits per heavy atom. The zero-order valence-corrected chi connectivity index (χ0v) is 9.15. The van der Waals surface area contributed by atoms with E-state index in [9.17, 15) is 0 Å². The van der Waals surface area contributed by atoms with E-state index in [1.54, 1.807) is 0 Å². The van der Waals surface area contributed by atoms with Gasteiger partial charge in [-0.2, -0.15) is 5.26 Å². The van der Waals surface area contributed by atoms with E-state index in [2.05, 4.69) is 31.2 Å². The van der Waals surface area contributed by atoms with E-state index in [4.69, 9.17) is 10.00 Å². The first-order valence-corrected chi connectivity index (χ1v) is 5.69. The van der Waals surface area contributed by atoms with Crippen LogP contribution in [0.3, 0.4) is 0 Å². The minimum absolute atomic E-state index is 0.177. The summed E-state index contributed by atoms with van der Waals surface area (Å²) in [6.07, 6.45) is 10.9. The summed E-state index contributed by atoms with van der Waals surface area (Å²) in [7, 11) is 0. The lowest BCUT2D eigenvalue weighted by Gasteiger charge is -2.31. The molecule has 2 nitrogen and oxygen atoms in total. The van der Waals surface area contributed by atoms with E-state index < -0.39 is 0 Å². The molecule has 0 aromatic heterocycles. The summed E-state index contributed by atoms with van der Waals surface area (Å²) in [6, 6.07) is 2.22. The van der Waals surface area contributed by atoms with E-state index >= 15 is 0 Å². The van der Waals surface area contributed by atoms with Crippen LogP contribution in [-0.4, -0.2) is 12.2 Å². The van der Waals surface area contributed by atoms with Gasteiger partial charge in [-0.1, -0.05) is 23.8 Å². The average Bonchev–Trinajstić information content (AvgIpc) is 2.30. The van der Waals surface area contributed by atoms with Gasteiger partial charge in [-0.3, -0.25) is 0 Å². The van der Waals surface area contributed by atoms with Crippen molar-refractivity contribution in [1.29, 1.82) is 5.26 Å². The zero-order chi connectivity index (χ0) is 10.7. The van der Waals surface area contributed by atoms with Crippen LogP contribution in [0.5, 0.6) is 0 Å². The molecule has 1 aliphatic carbocycles. The minimum Gasteiger partial charge on any atom is -0.359 e. The molecule has 0 N–H and O–H groups in total. The second kappa shape index (κ2) is 4.63. The Balaban J connectivity index is 1.95. The maximum Gasteiger partial charge on any atom is 0.144 e. The van der Waals surface area contributed by atoms with E-state index in [-0.39, 0.29) is 12.2 Å². The van der Waals surface area contributed by atoms with Crippen molar-refractivity contribution in [3.8, 4) is 6.07 Å². The van der Waals surface area contributed by atoms with E-state index in [0.29, 0.717) is 5.92 Å². The normalized spacial score (nSPS) is 35.7. The Kier molecular flexibility index (Phi) is 3.23. The summed E-state index contributed by atoms with van der Waals surface area (Å²) in [5, 5.41) is 8.84. The number of hydrogen-bond donors (Lipinski definition) is 0. The highest BCUT2D eigenvalue weighted by atomic mass is 16.5. The quantitative estimate of drug-likeness (QED) is 0.656. The lowest BCUT2D eigenvalue weighted by Crippen LogP contribution is -2.32. The predicted molar refractivity (Wildman–Crippen MR) is 59.1 cm³/mol. The molecule has 0 spiro atoms. The zero-order valence-electron chi connectivity index (χ0n) is 9.15. The Labute approximate surface area is 91.2 Å². The summed E-state index contributed by atoms with van der Waals surface area (Å²) in [5.41, 5.74) is 1.33. The van der Waals surface area contributed by atoms with Crippen molar-refractivity contribution in [3.63, 3.8) is 0 Å². The third-order valence-corrected chi connectivity index (χ3v) is 3.23. The third-order valence-electron chi connectivity index (χ3n) is 3.23. The van der Waals surface area contributed by atoms with Crippen LogP contribution in [0.1, 0.15) is 32.6 Å². The largest absolute Gasteiger partial charge is 0.359 e. The fraction of sp³-hybridized carbons (Fsp3) is 0.615. The topological polar surface area (TPSA) is 33.0 Å². The molecular formula is C13H17NO. The van der Waals surface area contributed by atoms with Crippen molar-refractivity contribution in [3.05, 3.63) is 23.8 Å². The molecule has 3 unspecified atom stereocenters. The van der Waals surface area contributed by atoms with Crippen LogP contribution in [0.2, 0.25) is 0 Å². The molecular weight excluding hydrogens is 186 g/mol. The van der Waals surface area contributed by atoms with Crippen molar-refractivity contribution in [2.24, 2.45) is 5.92 Å². The molecule has 2 heteroatoms. The lowest BCUT2D eigenvalue weighted by atomic mass is 9.88. The molecule has 0 saturated carbocycles. The van der Waals surface area contributed by atoms with Gasteiger partial charge in [0, 0.05) is 5.92 Å². The third kappa shape index (κ3) is 2.49. The lowest BCUT2D eigenvalue weighted by molar-refractivity contribution is -0.0423. The van der Waals surface area contributed by atoms with Crippen molar-refractivity contribution in [2.75, 3.05) is 0 Å². The molecule has 2 aliphatic rings. The molecule has 0 aromatic carbocycles. The molecule has 1 saturated heterocycles. The van der Waals surface area contributed by atoms with Crippen LogP contribution < -0.4 is 0 Å². The first-order valence-electron chi connectivity index (χ1n) is 5.69. The van der Waals surface area contributed by atoms with Crippen LogP contribution >= 0.6 is 0 Å². The van der Waals surface area contributed by atoms with Gasteiger partial charge in [0.15, 0.2) is 0 Å². The van der Waals surface area contributed by atoms with Crippen LogP contribution in [0.25, 0.3) is 0 Å². The summed E-state index contributed by atoms with van der Waals surface area (Å²) < 4.78 is 5.77. The Morgan fingerprint density at radius 1 is 1.47 bits per heavy atom. The van der Waals surface area contributed by atoms with Crippen molar-refractivity contribution in [1.82, 2.24) is 0 Å². The van der Waals surface area contributed by atoms with Crippen LogP contribution in [0.4, 0.5) is 0 Å². The first-order chi connectivity index (χ1) is 7.29. The van der Waals surface area contributed by atoms with Crippen molar-refractivity contribution in [2.45, 2.75) is 44.8 Å². The maximum atomic E-state index is 8.84. The fourth-order valence-corrected chi connectivity index (χ4v) is 2.28. The number of hydrogen-bond acceptors (Lipinski definition) is 2. The number of ether oxygens (including phenoxy) is 1. The molecule has 0 bridgehead atoms. The standard InChI is InChI=1S/C13H17NO/c1-10-5-7-11(8-6-10)13-4-2-3-12(9-14)15-13/h5-7,11-13H,2-4,8H2,1H3. The van der Waals surface area contributed by atoms with Gasteiger partial charge < -0.3 is 4.74 Å². The summed E-state index contributed by atoms with van der Waals surface area (Å²) >= 11 is 0. The van der Waals surface area contributed by atoms with Gasteiger partial charge in [0.1, 0.15) is 6.10 Å². The van der Waals surface area contributed by atoms with Gasteiger partial charge in [0.2, 0.25) is 0 Å². The average molecular weight is 203 g/mol.